The van der Waals surface area contributed by atoms with Gasteiger partial charge < -0.3 is 9.47 Å². The second kappa shape index (κ2) is 6.00. The lowest BCUT2D eigenvalue weighted by Crippen LogP contribution is -2.28. The smallest absolute Gasteiger partial charge is 0.333 e. The Hall–Kier alpha value is -0.410. The Morgan fingerprint density at radius 2 is 2.00 bits per heavy atom. The molecule has 1 aromatic carbocycles. The van der Waals surface area contributed by atoms with Crippen molar-refractivity contribution in [1.82, 2.24) is 0 Å². The van der Waals surface area contributed by atoms with E-state index < -0.39 is 28.3 Å². The highest BCUT2D eigenvalue weighted by Crippen LogP contribution is 2.41. The summed E-state index contributed by atoms with van der Waals surface area (Å²) in [7, 11) is -4.06. The van der Waals surface area contributed by atoms with Crippen LogP contribution in [-0.4, -0.2) is 26.9 Å². The van der Waals surface area contributed by atoms with Crippen molar-refractivity contribution in [2.75, 3.05) is 6.61 Å². The van der Waals surface area contributed by atoms with E-state index in [-0.39, 0.29) is 6.61 Å². The molecule has 6 nitrogen and oxygen atoms in total. The third-order valence-electron chi connectivity index (χ3n) is 2.85. The maximum Gasteiger partial charge on any atom is 0.333 e. The number of ether oxygens (including phenoxy) is 2. The van der Waals surface area contributed by atoms with Gasteiger partial charge in [-0.3, -0.25) is 4.18 Å². The lowest BCUT2D eigenvalue weighted by Gasteiger charge is -2.18. The Balaban J connectivity index is 2.25. The van der Waals surface area contributed by atoms with Gasteiger partial charge in [-0.2, -0.15) is 8.42 Å². The van der Waals surface area contributed by atoms with E-state index in [1.165, 1.54) is 0 Å². The molecule has 1 heterocycles. The Kier molecular flexibility index (Phi) is 4.84. The van der Waals surface area contributed by atoms with Crippen molar-refractivity contribution in [2.45, 2.75) is 31.8 Å². The van der Waals surface area contributed by atoms with Crippen LogP contribution in [0, 0.1) is 0 Å². The van der Waals surface area contributed by atoms with Gasteiger partial charge in [-0.15, -0.1) is 0 Å². The molecule has 0 amide bonds. The largest absolute Gasteiger partial charge is 0.342 e. The van der Waals surface area contributed by atoms with E-state index in [4.69, 9.17) is 37.8 Å². The van der Waals surface area contributed by atoms with Gasteiger partial charge in [0.05, 0.1) is 6.61 Å². The van der Waals surface area contributed by atoms with Gasteiger partial charge >= 0.3 is 10.3 Å². The van der Waals surface area contributed by atoms with Gasteiger partial charge in [0.2, 0.25) is 0 Å². The van der Waals surface area contributed by atoms with Crippen LogP contribution in [0.5, 0.6) is 0 Å². The van der Waals surface area contributed by atoms with Crippen LogP contribution in [0.1, 0.15) is 25.5 Å². The normalized spacial score (nSPS) is 25.2. The molecule has 0 unspecified atom stereocenters. The summed E-state index contributed by atoms with van der Waals surface area (Å²) in [5, 5.41) is 5.71. The van der Waals surface area contributed by atoms with Crippen molar-refractivity contribution in [2.24, 2.45) is 5.14 Å². The molecule has 2 rings (SSSR count). The van der Waals surface area contributed by atoms with Gasteiger partial charge in [-0.1, -0.05) is 29.3 Å². The molecule has 0 bridgehead atoms. The van der Waals surface area contributed by atoms with Crippen LogP contribution in [0.4, 0.5) is 0 Å². The molecule has 1 aromatic rings. The molecule has 2 N–H and O–H groups in total. The van der Waals surface area contributed by atoms with Gasteiger partial charge in [-0.25, -0.2) is 5.14 Å². The van der Waals surface area contributed by atoms with E-state index in [1.54, 1.807) is 32.0 Å². The zero-order valence-corrected chi connectivity index (χ0v) is 13.7. The van der Waals surface area contributed by atoms with Crippen molar-refractivity contribution < 1.29 is 22.1 Å². The molecule has 21 heavy (non-hydrogen) atoms. The average molecular weight is 356 g/mol. The zero-order chi connectivity index (χ0) is 15.8. The van der Waals surface area contributed by atoms with Crippen LogP contribution >= 0.6 is 23.2 Å². The zero-order valence-electron chi connectivity index (χ0n) is 11.4. The molecule has 1 aliphatic rings. The molecular weight excluding hydrogens is 341 g/mol. The minimum absolute atomic E-state index is 0.272. The molecule has 1 fully saturated rings. The van der Waals surface area contributed by atoms with Gasteiger partial charge in [-0.05, 0) is 26.0 Å². The maximum absolute atomic E-state index is 10.9. The Bertz CT molecular complexity index is 635. The summed E-state index contributed by atoms with van der Waals surface area (Å²) in [6.45, 7) is 3.15. The van der Waals surface area contributed by atoms with Crippen molar-refractivity contribution in [3.63, 3.8) is 0 Å². The van der Waals surface area contributed by atoms with Crippen LogP contribution in [0.15, 0.2) is 18.2 Å². The summed E-state index contributed by atoms with van der Waals surface area (Å²) in [5.74, 6) is -0.903. The summed E-state index contributed by atoms with van der Waals surface area (Å²) in [6, 6.07) is 4.93. The molecule has 1 aliphatic heterocycles. The number of benzene rings is 1. The second-order valence-electron chi connectivity index (χ2n) is 5.04. The highest BCUT2D eigenvalue weighted by atomic mass is 35.5. The minimum atomic E-state index is -4.06. The van der Waals surface area contributed by atoms with Crippen molar-refractivity contribution in [3.05, 3.63) is 33.8 Å². The van der Waals surface area contributed by atoms with E-state index in [0.29, 0.717) is 15.6 Å². The van der Waals surface area contributed by atoms with Crippen LogP contribution < -0.4 is 5.14 Å². The van der Waals surface area contributed by atoms with Crippen LogP contribution in [0.3, 0.4) is 0 Å². The average Bonchev–Trinajstić information content (AvgIpc) is 2.61. The Labute approximate surface area is 133 Å². The topological polar surface area (TPSA) is 87.9 Å². The predicted molar refractivity (Wildman–Crippen MR) is 78.3 cm³/mol. The third kappa shape index (κ3) is 4.53. The molecule has 1 saturated heterocycles. The summed E-state index contributed by atoms with van der Waals surface area (Å²) < 4.78 is 37.8. The molecule has 2 atom stereocenters. The standard InChI is InChI=1S/C12H15Cl2NO5S/c1-12(2)19-10(6-18-21(15,16)17)11(20-12)8-4-3-7(13)5-9(8)14/h3-5,10-11H,6H2,1-2H3,(H2,15,16,17)/t10-,11-/m1/s1. The fourth-order valence-corrected chi connectivity index (χ4v) is 2.95. The molecule has 0 aliphatic carbocycles. The minimum Gasteiger partial charge on any atom is -0.342 e. The molecule has 0 saturated carbocycles. The number of hydrogen-bond donors (Lipinski definition) is 1. The summed E-state index contributed by atoms with van der Waals surface area (Å²) >= 11 is 12.0. The SMILES string of the molecule is CC1(C)O[C@H](c2ccc(Cl)cc2Cl)[C@@H](COS(N)(=O)=O)O1. The van der Waals surface area contributed by atoms with E-state index in [1.807, 2.05) is 0 Å². The summed E-state index contributed by atoms with van der Waals surface area (Å²) in [6.07, 6.45) is -1.26. The van der Waals surface area contributed by atoms with E-state index in [9.17, 15) is 8.42 Å². The number of rotatable bonds is 4. The van der Waals surface area contributed by atoms with E-state index in [2.05, 4.69) is 4.18 Å². The third-order valence-corrected chi connectivity index (χ3v) is 3.88. The molecule has 9 heteroatoms. The molecule has 0 spiro atoms. The van der Waals surface area contributed by atoms with Crippen molar-refractivity contribution >= 4 is 33.5 Å². The fourth-order valence-electron chi connectivity index (χ4n) is 2.12. The predicted octanol–water partition coefficient (Wildman–Crippen LogP) is 2.41. The summed E-state index contributed by atoms with van der Waals surface area (Å²) in [5.41, 5.74) is 0.634. The molecule has 118 valence electrons. The highest BCUT2D eigenvalue weighted by molar-refractivity contribution is 7.84. The van der Waals surface area contributed by atoms with Crippen molar-refractivity contribution in [1.29, 1.82) is 0 Å². The highest BCUT2D eigenvalue weighted by Gasteiger charge is 2.43. The first kappa shape index (κ1) is 17.0. The summed E-state index contributed by atoms with van der Waals surface area (Å²) in [4.78, 5) is 0. The number of nitrogens with two attached hydrogens (primary N) is 1. The van der Waals surface area contributed by atoms with Gasteiger partial charge in [0.1, 0.15) is 12.2 Å². The van der Waals surface area contributed by atoms with Crippen LogP contribution in [-0.2, 0) is 24.0 Å². The Morgan fingerprint density at radius 3 is 2.57 bits per heavy atom. The maximum atomic E-state index is 10.9. The lowest BCUT2D eigenvalue weighted by atomic mass is 10.1. The first-order chi connectivity index (χ1) is 9.57. The molecular formula is C12H15Cl2NO5S. The van der Waals surface area contributed by atoms with E-state index in [0.717, 1.165) is 0 Å². The molecule has 0 aromatic heterocycles. The first-order valence-electron chi connectivity index (χ1n) is 6.05. The van der Waals surface area contributed by atoms with E-state index >= 15 is 0 Å². The molecule has 0 radical (unpaired) electrons. The van der Waals surface area contributed by atoms with Crippen molar-refractivity contribution in [3.8, 4) is 0 Å². The second-order valence-corrected chi connectivity index (χ2v) is 7.10. The quantitative estimate of drug-likeness (QED) is 0.895. The number of hydrogen-bond acceptors (Lipinski definition) is 5. The lowest BCUT2D eigenvalue weighted by molar-refractivity contribution is -0.148. The Morgan fingerprint density at radius 1 is 1.33 bits per heavy atom. The first-order valence-corrected chi connectivity index (χ1v) is 8.28. The van der Waals surface area contributed by atoms with Crippen LogP contribution in [0.25, 0.3) is 0 Å². The number of halogens is 2. The van der Waals surface area contributed by atoms with Gasteiger partial charge in [0.15, 0.2) is 5.79 Å². The fraction of sp³-hybridized carbons (Fsp3) is 0.500. The van der Waals surface area contributed by atoms with Gasteiger partial charge in [0.25, 0.3) is 0 Å². The van der Waals surface area contributed by atoms with Gasteiger partial charge in [0, 0.05) is 15.6 Å². The monoisotopic (exact) mass is 355 g/mol. The van der Waals surface area contributed by atoms with Crippen LogP contribution in [0.2, 0.25) is 10.0 Å².